The van der Waals surface area contributed by atoms with Gasteiger partial charge >= 0.3 is 0 Å². The molecule has 1 saturated carbocycles. The third-order valence-electron chi connectivity index (χ3n) is 4.46. The molecule has 1 amide bonds. The van der Waals surface area contributed by atoms with Gasteiger partial charge < -0.3 is 15.8 Å². The fourth-order valence-corrected chi connectivity index (χ4v) is 3.36. The van der Waals surface area contributed by atoms with Crippen LogP contribution in [-0.2, 0) is 4.79 Å². The number of nitrogens with zero attached hydrogens (tertiary/aromatic N) is 2. The maximum absolute atomic E-state index is 12.4. The molecule has 0 aromatic rings. The molecule has 5 heteroatoms. The Morgan fingerprint density at radius 3 is 2.72 bits per heavy atom. The molecule has 2 fully saturated rings. The zero-order valence-electron chi connectivity index (χ0n) is 11.0. The maximum Gasteiger partial charge on any atom is 0.233 e. The lowest BCUT2D eigenvalue weighted by molar-refractivity contribution is -0.139. The summed E-state index contributed by atoms with van der Waals surface area (Å²) in [6, 6.07) is 0.383. The summed E-state index contributed by atoms with van der Waals surface area (Å²) < 4.78 is 0. The fraction of sp³-hybridized carbons (Fsp3) is 0.846. The van der Waals surface area contributed by atoms with Crippen molar-refractivity contribution in [1.82, 2.24) is 4.90 Å². The van der Waals surface area contributed by atoms with Crippen molar-refractivity contribution in [2.45, 2.75) is 51.5 Å². The van der Waals surface area contributed by atoms with Crippen LogP contribution in [0, 0.1) is 11.8 Å². The Bertz CT molecular complexity index is 341. The van der Waals surface area contributed by atoms with Gasteiger partial charge in [-0.3, -0.25) is 4.79 Å². The number of likely N-dealkylation sites (tertiary alicyclic amines) is 1. The normalized spacial score (nSPS) is 30.7. The van der Waals surface area contributed by atoms with E-state index in [1.165, 1.54) is 25.7 Å². The summed E-state index contributed by atoms with van der Waals surface area (Å²) >= 11 is 0. The van der Waals surface area contributed by atoms with Gasteiger partial charge in [0.1, 0.15) is 0 Å². The maximum atomic E-state index is 12.4. The van der Waals surface area contributed by atoms with E-state index in [4.69, 9.17) is 10.9 Å². The molecule has 1 unspecified atom stereocenters. The molecule has 0 aromatic carbocycles. The van der Waals surface area contributed by atoms with Gasteiger partial charge in [0.25, 0.3) is 0 Å². The van der Waals surface area contributed by atoms with E-state index in [1.54, 1.807) is 6.92 Å². The first kappa shape index (κ1) is 13.2. The summed E-state index contributed by atoms with van der Waals surface area (Å²) in [5.41, 5.74) is 5.54. The van der Waals surface area contributed by atoms with Crippen molar-refractivity contribution in [2.24, 2.45) is 22.7 Å². The average Bonchev–Trinajstić information content (AvgIpc) is 2.44. The molecule has 3 atom stereocenters. The molecular weight excluding hydrogens is 230 g/mol. The van der Waals surface area contributed by atoms with Crippen LogP contribution in [0.4, 0.5) is 0 Å². The number of amides is 1. The first-order chi connectivity index (χ1) is 8.65. The molecule has 102 valence electrons. The van der Waals surface area contributed by atoms with Crippen molar-refractivity contribution in [3.05, 3.63) is 0 Å². The number of piperidine rings is 1. The Labute approximate surface area is 108 Å². The highest BCUT2D eigenvalue weighted by molar-refractivity contribution is 6.01. The molecule has 3 N–H and O–H groups in total. The Kier molecular flexibility index (Phi) is 4.09. The summed E-state index contributed by atoms with van der Waals surface area (Å²) in [7, 11) is 0. The molecule has 1 aliphatic heterocycles. The summed E-state index contributed by atoms with van der Waals surface area (Å²) in [5, 5.41) is 11.6. The van der Waals surface area contributed by atoms with E-state index < -0.39 is 5.92 Å². The zero-order valence-corrected chi connectivity index (χ0v) is 11.0. The molecule has 5 nitrogen and oxygen atoms in total. The second-order valence-corrected chi connectivity index (χ2v) is 5.53. The van der Waals surface area contributed by atoms with Crippen LogP contribution in [0.25, 0.3) is 0 Å². The molecule has 2 rings (SSSR count). The lowest BCUT2D eigenvalue weighted by Gasteiger charge is -2.44. The molecule has 1 aliphatic carbocycles. The van der Waals surface area contributed by atoms with Crippen LogP contribution >= 0.6 is 0 Å². The molecule has 1 saturated heterocycles. The predicted octanol–water partition coefficient (Wildman–Crippen LogP) is 1.55. The first-order valence-corrected chi connectivity index (χ1v) is 6.93. The van der Waals surface area contributed by atoms with Gasteiger partial charge in [-0.25, -0.2) is 0 Å². The Balaban J connectivity index is 2.08. The van der Waals surface area contributed by atoms with Gasteiger partial charge in [0, 0.05) is 12.6 Å². The zero-order chi connectivity index (χ0) is 13.1. The number of nitrogens with two attached hydrogens (primary N) is 1. The van der Waals surface area contributed by atoms with Gasteiger partial charge in [-0.1, -0.05) is 18.0 Å². The largest absolute Gasteiger partial charge is 0.409 e. The van der Waals surface area contributed by atoms with Crippen LogP contribution in [0.3, 0.4) is 0 Å². The van der Waals surface area contributed by atoms with E-state index in [9.17, 15) is 4.79 Å². The minimum atomic E-state index is -0.518. The van der Waals surface area contributed by atoms with E-state index in [2.05, 4.69) is 5.16 Å². The van der Waals surface area contributed by atoms with Crippen molar-refractivity contribution in [3.63, 3.8) is 0 Å². The fourth-order valence-electron chi connectivity index (χ4n) is 3.36. The molecule has 0 aromatic heterocycles. The topological polar surface area (TPSA) is 78.9 Å². The Hall–Kier alpha value is -1.26. The van der Waals surface area contributed by atoms with E-state index in [0.29, 0.717) is 12.0 Å². The number of rotatable bonds is 2. The Morgan fingerprint density at radius 2 is 2.00 bits per heavy atom. The monoisotopic (exact) mass is 253 g/mol. The van der Waals surface area contributed by atoms with Crippen LogP contribution in [0.2, 0.25) is 0 Å². The number of fused-ring (bicyclic) bond motifs is 1. The number of hydrogen-bond acceptors (Lipinski definition) is 3. The van der Waals surface area contributed by atoms with Crippen LogP contribution in [-0.4, -0.2) is 34.4 Å². The van der Waals surface area contributed by atoms with Gasteiger partial charge in [0.05, 0.1) is 5.92 Å². The average molecular weight is 253 g/mol. The standard InChI is InChI=1S/C13H23N3O2/c1-9(12(14)15-18)13(17)16-8-4-6-10-5-2-3-7-11(10)16/h9-11,18H,2-8H2,1H3,(H2,14,15)/t9?,10-,11-/m1/s1. The molecule has 0 spiro atoms. The number of amidine groups is 1. The third-order valence-corrected chi connectivity index (χ3v) is 4.46. The van der Waals surface area contributed by atoms with Crippen LogP contribution < -0.4 is 5.73 Å². The SMILES string of the molecule is CC(C(=O)N1CCC[C@H]2CCCC[C@H]21)C(N)=NO. The lowest BCUT2D eigenvalue weighted by Crippen LogP contribution is -2.52. The van der Waals surface area contributed by atoms with E-state index in [0.717, 1.165) is 19.4 Å². The highest BCUT2D eigenvalue weighted by atomic mass is 16.4. The highest BCUT2D eigenvalue weighted by Gasteiger charge is 2.37. The highest BCUT2D eigenvalue weighted by Crippen LogP contribution is 2.35. The van der Waals surface area contributed by atoms with Gasteiger partial charge in [-0.2, -0.15) is 0 Å². The molecular formula is C13H23N3O2. The number of oxime groups is 1. The number of carbonyl (C=O) groups is 1. The minimum Gasteiger partial charge on any atom is -0.409 e. The molecule has 2 aliphatic rings. The van der Waals surface area contributed by atoms with Gasteiger partial charge in [-0.15, -0.1) is 0 Å². The van der Waals surface area contributed by atoms with E-state index >= 15 is 0 Å². The first-order valence-electron chi connectivity index (χ1n) is 6.93. The summed E-state index contributed by atoms with van der Waals surface area (Å²) in [5.74, 6) is 0.173. The minimum absolute atomic E-state index is 0.0120. The van der Waals surface area contributed by atoms with Crippen molar-refractivity contribution in [3.8, 4) is 0 Å². The van der Waals surface area contributed by atoms with Crippen molar-refractivity contribution in [1.29, 1.82) is 0 Å². The lowest BCUT2D eigenvalue weighted by atomic mass is 9.78. The third kappa shape index (κ3) is 2.44. The van der Waals surface area contributed by atoms with Gasteiger partial charge in [-0.05, 0) is 38.5 Å². The second-order valence-electron chi connectivity index (χ2n) is 5.53. The smallest absolute Gasteiger partial charge is 0.233 e. The van der Waals surface area contributed by atoms with E-state index in [-0.39, 0.29) is 11.7 Å². The molecule has 1 heterocycles. The van der Waals surface area contributed by atoms with Crippen LogP contribution in [0.1, 0.15) is 45.4 Å². The predicted molar refractivity (Wildman–Crippen MR) is 69.3 cm³/mol. The Morgan fingerprint density at radius 1 is 1.33 bits per heavy atom. The van der Waals surface area contributed by atoms with Crippen molar-refractivity contribution < 1.29 is 10.0 Å². The molecule has 18 heavy (non-hydrogen) atoms. The summed E-state index contributed by atoms with van der Waals surface area (Å²) in [4.78, 5) is 14.4. The van der Waals surface area contributed by atoms with Gasteiger partial charge in [0.15, 0.2) is 5.84 Å². The summed E-state index contributed by atoms with van der Waals surface area (Å²) in [6.07, 6.45) is 7.18. The quantitative estimate of drug-likeness (QED) is 0.339. The number of hydrogen-bond donors (Lipinski definition) is 2. The second kappa shape index (κ2) is 5.59. The van der Waals surface area contributed by atoms with E-state index in [1.807, 2.05) is 4.90 Å². The molecule has 0 radical (unpaired) electrons. The molecule has 0 bridgehead atoms. The van der Waals surface area contributed by atoms with Crippen molar-refractivity contribution >= 4 is 11.7 Å². The number of carbonyl (C=O) groups excluding carboxylic acids is 1. The van der Waals surface area contributed by atoms with Crippen molar-refractivity contribution in [2.75, 3.05) is 6.54 Å². The summed E-state index contributed by atoms with van der Waals surface area (Å²) in [6.45, 7) is 2.53. The van der Waals surface area contributed by atoms with Gasteiger partial charge in [0.2, 0.25) is 5.91 Å². The van der Waals surface area contributed by atoms with Crippen LogP contribution in [0.5, 0.6) is 0 Å². The van der Waals surface area contributed by atoms with Crippen LogP contribution in [0.15, 0.2) is 5.16 Å².